The summed E-state index contributed by atoms with van der Waals surface area (Å²) in [6, 6.07) is 16.4. The van der Waals surface area contributed by atoms with Gasteiger partial charge >= 0.3 is 0 Å². The fourth-order valence-corrected chi connectivity index (χ4v) is 4.31. The lowest BCUT2D eigenvalue weighted by Gasteiger charge is -2.32. The van der Waals surface area contributed by atoms with Crippen LogP contribution in [0.15, 0.2) is 60.8 Å². The van der Waals surface area contributed by atoms with Crippen LogP contribution in [-0.4, -0.2) is 59.6 Å². The molecule has 1 aromatic heterocycles. The van der Waals surface area contributed by atoms with Crippen LogP contribution >= 0.6 is 11.6 Å². The number of carbonyl (C=O) groups excluding carboxylic acids is 1. The van der Waals surface area contributed by atoms with Crippen LogP contribution in [0.4, 0.5) is 11.4 Å². The van der Waals surface area contributed by atoms with Crippen LogP contribution in [0.5, 0.6) is 11.5 Å². The van der Waals surface area contributed by atoms with E-state index in [2.05, 4.69) is 15.6 Å². The molecule has 10 heteroatoms. The Balaban J connectivity index is 1.39. The second-order valence-electron chi connectivity index (χ2n) is 8.57. The summed E-state index contributed by atoms with van der Waals surface area (Å²) in [5.41, 5.74) is 2.86. The molecule has 194 valence electrons. The van der Waals surface area contributed by atoms with Gasteiger partial charge in [-0.05, 0) is 48.5 Å². The summed E-state index contributed by atoms with van der Waals surface area (Å²) in [5.74, 6) is 1.09. The number of nitrogens with zero attached hydrogens (tertiary/aromatic N) is 2. The largest absolute Gasteiger partial charge is 0.490 e. The number of ether oxygens (including phenoxy) is 2. The number of aromatic nitrogens is 1. The molecule has 0 spiro atoms. The molecule has 0 radical (unpaired) electrons. The number of benzene rings is 2. The molecule has 1 amide bonds. The number of hydrogen-bond acceptors (Lipinski definition) is 7. The standard InChI is InChI=1S/C27H30ClN5O4/c1-30-24-7-6-21(37-20-9-12-33(13-10-20)26(35)16-34)15-22(24)27(29)32-18-5-8-25(23(28)14-18)36-17-19-4-2-3-11-31-19/h2-8,11,14-15,20,30,34H,9-10,12-13,16-17H2,1H3,(H2,29,32). The quantitative estimate of drug-likeness (QED) is 0.245. The minimum atomic E-state index is -0.471. The van der Waals surface area contributed by atoms with Gasteiger partial charge in [-0.15, -0.1) is 0 Å². The van der Waals surface area contributed by atoms with Crippen molar-refractivity contribution in [3.8, 4) is 11.5 Å². The molecule has 4 rings (SSSR count). The van der Waals surface area contributed by atoms with E-state index in [0.717, 1.165) is 11.4 Å². The minimum absolute atomic E-state index is 0.0457. The third kappa shape index (κ3) is 6.90. The molecule has 0 bridgehead atoms. The van der Waals surface area contributed by atoms with Crippen molar-refractivity contribution in [2.24, 2.45) is 0 Å². The number of amides is 1. The second kappa shape index (κ2) is 12.4. The Labute approximate surface area is 220 Å². The fourth-order valence-electron chi connectivity index (χ4n) is 4.08. The molecule has 0 atom stereocenters. The van der Waals surface area contributed by atoms with E-state index in [1.807, 2.05) is 36.4 Å². The molecule has 37 heavy (non-hydrogen) atoms. The zero-order valence-corrected chi connectivity index (χ0v) is 21.3. The third-order valence-electron chi connectivity index (χ3n) is 6.07. The molecule has 0 saturated carbocycles. The number of rotatable bonds is 9. The van der Waals surface area contributed by atoms with E-state index < -0.39 is 6.61 Å². The van der Waals surface area contributed by atoms with Crippen molar-refractivity contribution in [2.45, 2.75) is 25.6 Å². The first kappa shape index (κ1) is 26.2. The van der Waals surface area contributed by atoms with Gasteiger partial charge in [0.05, 0.1) is 10.7 Å². The molecule has 2 aromatic carbocycles. The highest BCUT2D eigenvalue weighted by molar-refractivity contribution is 6.32. The second-order valence-corrected chi connectivity index (χ2v) is 8.98. The molecule has 9 nitrogen and oxygen atoms in total. The van der Waals surface area contributed by atoms with E-state index in [-0.39, 0.29) is 17.8 Å². The maximum absolute atomic E-state index is 11.7. The Hall–Kier alpha value is -3.82. The number of likely N-dealkylation sites (tertiary alicyclic amines) is 1. The maximum atomic E-state index is 11.7. The Morgan fingerprint density at radius 1 is 1.19 bits per heavy atom. The number of hydrogen-bond donors (Lipinski definition) is 4. The molecule has 0 unspecified atom stereocenters. The van der Waals surface area contributed by atoms with Crippen molar-refractivity contribution in [1.82, 2.24) is 9.88 Å². The number of pyridine rings is 1. The van der Waals surface area contributed by atoms with E-state index in [0.29, 0.717) is 60.3 Å². The molecule has 1 saturated heterocycles. The van der Waals surface area contributed by atoms with Crippen molar-refractivity contribution in [3.05, 3.63) is 77.1 Å². The molecule has 3 aromatic rings. The normalized spacial score (nSPS) is 13.6. The number of aliphatic hydroxyl groups excluding tert-OH is 1. The topological polar surface area (TPSA) is 120 Å². The first-order chi connectivity index (χ1) is 18.0. The highest BCUT2D eigenvalue weighted by Crippen LogP contribution is 2.30. The van der Waals surface area contributed by atoms with Crippen molar-refractivity contribution in [1.29, 1.82) is 5.41 Å². The highest BCUT2D eigenvalue weighted by atomic mass is 35.5. The number of carbonyl (C=O) groups is 1. The van der Waals surface area contributed by atoms with Crippen LogP contribution in [0.2, 0.25) is 5.02 Å². The molecule has 2 heterocycles. The zero-order chi connectivity index (χ0) is 26.2. The Bertz CT molecular complexity index is 1230. The van der Waals surface area contributed by atoms with Crippen molar-refractivity contribution < 1.29 is 19.4 Å². The van der Waals surface area contributed by atoms with Crippen LogP contribution in [0.25, 0.3) is 0 Å². The van der Waals surface area contributed by atoms with Gasteiger partial charge in [-0.1, -0.05) is 17.7 Å². The number of amidine groups is 1. The molecule has 1 aliphatic rings. The lowest BCUT2D eigenvalue weighted by Crippen LogP contribution is -2.42. The average Bonchev–Trinajstić information content (AvgIpc) is 2.93. The Morgan fingerprint density at radius 3 is 2.68 bits per heavy atom. The molecular formula is C27H30ClN5O4. The van der Waals surface area contributed by atoms with Crippen LogP contribution in [-0.2, 0) is 11.4 Å². The molecule has 1 fully saturated rings. The van der Waals surface area contributed by atoms with E-state index in [1.165, 1.54) is 0 Å². The SMILES string of the molecule is CNc1ccc(OC2CCN(C(=O)CO)CC2)cc1C(=N)Nc1ccc(OCc2ccccn2)c(Cl)c1. The summed E-state index contributed by atoms with van der Waals surface area (Å²) in [6.45, 7) is 0.927. The summed E-state index contributed by atoms with van der Waals surface area (Å²) in [7, 11) is 1.80. The van der Waals surface area contributed by atoms with E-state index in [1.54, 1.807) is 36.3 Å². The molecular weight excluding hydrogens is 494 g/mol. The summed E-state index contributed by atoms with van der Waals surface area (Å²) < 4.78 is 11.9. The van der Waals surface area contributed by atoms with Gasteiger partial charge in [0.2, 0.25) is 5.91 Å². The summed E-state index contributed by atoms with van der Waals surface area (Å²) >= 11 is 6.43. The lowest BCUT2D eigenvalue weighted by atomic mass is 10.1. The zero-order valence-electron chi connectivity index (χ0n) is 20.5. The Kier molecular flexibility index (Phi) is 8.81. The van der Waals surface area contributed by atoms with Crippen LogP contribution in [0, 0.1) is 5.41 Å². The van der Waals surface area contributed by atoms with Gasteiger partial charge in [-0.2, -0.15) is 0 Å². The van der Waals surface area contributed by atoms with Crippen LogP contribution in [0.1, 0.15) is 24.1 Å². The van der Waals surface area contributed by atoms with E-state index in [9.17, 15) is 4.79 Å². The minimum Gasteiger partial charge on any atom is -0.490 e. The summed E-state index contributed by atoms with van der Waals surface area (Å²) in [5, 5.41) is 24.4. The van der Waals surface area contributed by atoms with Crippen molar-refractivity contribution in [2.75, 3.05) is 37.4 Å². The number of halogens is 1. The lowest BCUT2D eigenvalue weighted by molar-refractivity contribution is -0.135. The van der Waals surface area contributed by atoms with Gasteiger partial charge in [0.25, 0.3) is 0 Å². The molecule has 0 aliphatic carbocycles. The number of piperidine rings is 1. The smallest absolute Gasteiger partial charge is 0.248 e. The van der Waals surface area contributed by atoms with Gasteiger partial charge in [0.1, 0.15) is 36.7 Å². The molecule has 4 N–H and O–H groups in total. The number of nitrogens with one attached hydrogen (secondary N) is 3. The predicted octanol–water partition coefficient (Wildman–Crippen LogP) is 4.16. The van der Waals surface area contributed by atoms with Crippen molar-refractivity contribution in [3.63, 3.8) is 0 Å². The summed E-state index contributed by atoms with van der Waals surface area (Å²) in [6.07, 6.45) is 3.02. The Morgan fingerprint density at radius 2 is 2.00 bits per heavy atom. The maximum Gasteiger partial charge on any atom is 0.248 e. The highest BCUT2D eigenvalue weighted by Gasteiger charge is 2.23. The monoisotopic (exact) mass is 523 g/mol. The third-order valence-corrected chi connectivity index (χ3v) is 6.36. The van der Waals surface area contributed by atoms with Crippen molar-refractivity contribution >= 4 is 34.7 Å². The van der Waals surface area contributed by atoms with E-state index >= 15 is 0 Å². The van der Waals surface area contributed by atoms with Gasteiger partial charge in [-0.3, -0.25) is 15.2 Å². The van der Waals surface area contributed by atoms with E-state index in [4.69, 9.17) is 31.6 Å². The average molecular weight is 524 g/mol. The van der Waals surface area contributed by atoms with Gasteiger partial charge < -0.3 is 30.1 Å². The first-order valence-electron chi connectivity index (χ1n) is 12.0. The van der Waals surface area contributed by atoms with Gasteiger partial charge in [0.15, 0.2) is 0 Å². The number of anilines is 2. The van der Waals surface area contributed by atoms with Crippen LogP contribution < -0.4 is 20.1 Å². The van der Waals surface area contributed by atoms with Gasteiger partial charge in [-0.25, -0.2) is 0 Å². The van der Waals surface area contributed by atoms with Gasteiger partial charge in [0, 0.05) is 56.1 Å². The summed E-state index contributed by atoms with van der Waals surface area (Å²) in [4.78, 5) is 17.6. The number of aliphatic hydroxyl groups is 1. The fraction of sp³-hybridized carbons (Fsp3) is 0.296. The first-order valence-corrected chi connectivity index (χ1v) is 12.4. The predicted molar refractivity (Wildman–Crippen MR) is 144 cm³/mol. The molecule has 1 aliphatic heterocycles. The van der Waals surface area contributed by atoms with Crippen LogP contribution in [0.3, 0.4) is 0 Å².